The molecular weight excluding hydrogens is 460 g/mol. The fourth-order valence-electron chi connectivity index (χ4n) is 5.84. The molecule has 0 atom stereocenters. The Kier molecular flexibility index (Phi) is 7.75. The minimum atomic E-state index is 0.00730. The van der Waals surface area contributed by atoms with E-state index in [1.807, 2.05) is 4.90 Å². The molecule has 6 heteroatoms. The Morgan fingerprint density at radius 1 is 0.865 bits per heavy atom. The zero-order chi connectivity index (χ0) is 25.8. The summed E-state index contributed by atoms with van der Waals surface area (Å²) in [5.74, 6) is 0.142. The van der Waals surface area contributed by atoms with Gasteiger partial charge in [0.05, 0.1) is 0 Å². The molecule has 0 bridgehead atoms. The number of benzene rings is 2. The smallest absolute Gasteiger partial charge is 0.319 e. The lowest BCUT2D eigenvalue weighted by Crippen LogP contribution is -2.47. The van der Waals surface area contributed by atoms with Crippen molar-refractivity contribution >= 4 is 29.7 Å². The van der Waals surface area contributed by atoms with Crippen molar-refractivity contribution in [1.82, 2.24) is 20.0 Å². The molecule has 2 saturated heterocycles. The van der Waals surface area contributed by atoms with E-state index in [1.165, 1.54) is 33.4 Å². The molecule has 0 unspecified atom stereocenters. The molecule has 2 aromatic carbocycles. The maximum Gasteiger partial charge on any atom is 0.319 e. The molecule has 2 aromatic rings. The number of piperidine rings is 2. The van der Waals surface area contributed by atoms with Crippen LogP contribution in [-0.2, 0) is 4.79 Å². The molecule has 37 heavy (non-hydrogen) atoms. The van der Waals surface area contributed by atoms with E-state index in [9.17, 15) is 9.59 Å². The van der Waals surface area contributed by atoms with Crippen LogP contribution in [0.5, 0.6) is 0 Å². The summed E-state index contributed by atoms with van der Waals surface area (Å²) in [7, 11) is 3.54. The van der Waals surface area contributed by atoms with Crippen molar-refractivity contribution in [1.29, 1.82) is 0 Å². The first kappa shape index (κ1) is 25.3. The average molecular weight is 499 g/mol. The van der Waals surface area contributed by atoms with E-state index >= 15 is 0 Å². The Balaban J connectivity index is 1.15. The van der Waals surface area contributed by atoms with Gasteiger partial charge in [-0.2, -0.15) is 0 Å². The largest absolute Gasteiger partial charge is 0.355 e. The molecule has 0 radical (unpaired) electrons. The highest BCUT2D eigenvalue weighted by Gasteiger charge is 2.28. The third-order valence-electron chi connectivity index (χ3n) is 7.96. The number of fused-ring (bicyclic) bond motifs is 2. The molecule has 0 saturated carbocycles. The van der Waals surface area contributed by atoms with Crippen LogP contribution >= 0.6 is 0 Å². The lowest BCUT2D eigenvalue weighted by atomic mass is 9.86. The van der Waals surface area contributed by atoms with Gasteiger partial charge in [0.1, 0.15) is 0 Å². The van der Waals surface area contributed by atoms with Gasteiger partial charge >= 0.3 is 6.03 Å². The van der Waals surface area contributed by atoms with Crippen LogP contribution in [0, 0.1) is 5.92 Å². The highest BCUT2D eigenvalue weighted by Crippen LogP contribution is 2.38. The lowest BCUT2D eigenvalue weighted by Gasteiger charge is -2.33. The highest BCUT2D eigenvalue weighted by molar-refractivity contribution is 5.95. The first-order chi connectivity index (χ1) is 18.0. The minimum absolute atomic E-state index is 0.00730. The fourth-order valence-corrected chi connectivity index (χ4v) is 5.84. The summed E-state index contributed by atoms with van der Waals surface area (Å²) in [5.41, 5.74) is 8.16. The number of hydrogen-bond donors (Lipinski definition) is 1. The number of urea groups is 1. The van der Waals surface area contributed by atoms with Gasteiger partial charge in [0.2, 0.25) is 5.91 Å². The van der Waals surface area contributed by atoms with Gasteiger partial charge in [0.15, 0.2) is 0 Å². The molecule has 3 aliphatic rings. The number of amides is 3. The summed E-state index contributed by atoms with van der Waals surface area (Å²) in [5, 5.41) is 3.16. The maximum absolute atomic E-state index is 12.7. The third kappa shape index (κ3) is 5.64. The van der Waals surface area contributed by atoms with E-state index < -0.39 is 0 Å². The minimum Gasteiger partial charge on any atom is -0.355 e. The van der Waals surface area contributed by atoms with E-state index in [0.29, 0.717) is 19.6 Å². The van der Waals surface area contributed by atoms with Crippen molar-refractivity contribution in [2.24, 2.45) is 5.92 Å². The van der Waals surface area contributed by atoms with E-state index in [0.717, 1.165) is 45.3 Å². The number of likely N-dealkylation sites (tertiary alicyclic amines) is 2. The van der Waals surface area contributed by atoms with Gasteiger partial charge in [-0.3, -0.25) is 4.79 Å². The SMILES string of the molecule is CN(C)C(=O)N1CCC(C(=O)NCCN2CCC(=C3c4ccccc4C=Cc4ccccc43)CC2)CC1. The molecule has 2 aliphatic heterocycles. The van der Waals surface area contributed by atoms with Gasteiger partial charge in [0.25, 0.3) is 0 Å². The summed E-state index contributed by atoms with van der Waals surface area (Å²) in [6.45, 7) is 4.88. The second kappa shape index (κ2) is 11.3. The molecule has 5 rings (SSSR count). The summed E-state index contributed by atoms with van der Waals surface area (Å²) in [6, 6.07) is 17.5. The van der Waals surface area contributed by atoms with Crippen LogP contribution in [0.15, 0.2) is 54.1 Å². The number of nitrogens with one attached hydrogen (secondary N) is 1. The van der Waals surface area contributed by atoms with E-state index in [4.69, 9.17) is 0 Å². The van der Waals surface area contributed by atoms with Crippen molar-refractivity contribution in [3.05, 3.63) is 76.4 Å². The molecule has 1 aliphatic carbocycles. The van der Waals surface area contributed by atoms with Gasteiger partial charge in [-0.25, -0.2) is 4.79 Å². The molecule has 0 aromatic heterocycles. The van der Waals surface area contributed by atoms with Crippen LogP contribution in [0.3, 0.4) is 0 Å². The molecule has 194 valence electrons. The molecule has 0 spiro atoms. The molecule has 2 fully saturated rings. The summed E-state index contributed by atoms with van der Waals surface area (Å²) < 4.78 is 0. The predicted octanol–water partition coefficient (Wildman–Crippen LogP) is 4.58. The third-order valence-corrected chi connectivity index (χ3v) is 7.96. The number of hydrogen-bond acceptors (Lipinski definition) is 3. The Morgan fingerprint density at radius 3 is 2.00 bits per heavy atom. The van der Waals surface area contributed by atoms with Crippen molar-refractivity contribution in [3.63, 3.8) is 0 Å². The van der Waals surface area contributed by atoms with Crippen molar-refractivity contribution in [3.8, 4) is 0 Å². The summed E-state index contributed by atoms with van der Waals surface area (Å²) in [4.78, 5) is 30.7. The van der Waals surface area contributed by atoms with Crippen LogP contribution in [-0.4, -0.2) is 80.0 Å². The number of carbonyl (C=O) groups is 2. The average Bonchev–Trinajstić information content (AvgIpc) is 3.10. The Bertz CT molecular complexity index is 1150. The predicted molar refractivity (Wildman–Crippen MR) is 150 cm³/mol. The van der Waals surface area contributed by atoms with Gasteiger partial charge in [0, 0.05) is 59.3 Å². The molecule has 1 N–H and O–H groups in total. The molecule has 3 amide bonds. The second-order valence-corrected chi connectivity index (χ2v) is 10.6. The Hall–Kier alpha value is -3.38. The van der Waals surface area contributed by atoms with Crippen LogP contribution in [0.2, 0.25) is 0 Å². The summed E-state index contributed by atoms with van der Waals surface area (Å²) >= 11 is 0. The van der Waals surface area contributed by atoms with Crippen LogP contribution in [0.25, 0.3) is 17.7 Å². The molecule has 6 nitrogen and oxygen atoms in total. The van der Waals surface area contributed by atoms with Gasteiger partial charge in [-0.05, 0) is 53.5 Å². The Labute approximate surface area is 220 Å². The van der Waals surface area contributed by atoms with Crippen molar-refractivity contribution in [2.75, 3.05) is 53.4 Å². The zero-order valence-electron chi connectivity index (χ0n) is 22.1. The first-order valence-electron chi connectivity index (χ1n) is 13.6. The van der Waals surface area contributed by atoms with Crippen molar-refractivity contribution in [2.45, 2.75) is 25.7 Å². The van der Waals surface area contributed by atoms with Crippen LogP contribution < -0.4 is 5.32 Å². The monoisotopic (exact) mass is 498 g/mol. The normalized spacial score (nSPS) is 18.2. The molecular formula is C31H38N4O2. The maximum atomic E-state index is 12.7. The van der Waals surface area contributed by atoms with Gasteiger partial charge in [-0.15, -0.1) is 0 Å². The zero-order valence-corrected chi connectivity index (χ0v) is 22.1. The first-order valence-corrected chi connectivity index (χ1v) is 13.6. The quantitative estimate of drug-likeness (QED) is 0.573. The number of nitrogens with zero attached hydrogens (tertiary/aromatic N) is 3. The second-order valence-electron chi connectivity index (χ2n) is 10.6. The van der Waals surface area contributed by atoms with E-state index in [2.05, 4.69) is 70.9 Å². The van der Waals surface area contributed by atoms with Gasteiger partial charge in [-0.1, -0.05) is 66.3 Å². The van der Waals surface area contributed by atoms with Crippen LogP contribution in [0.1, 0.15) is 47.9 Å². The van der Waals surface area contributed by atoms with Gasteiger partial charge < -0.3 is 20.0 Å². The Morgan fingerprint density at radius 2 is 1.43 bits per heavy atom. The van der Waals surface area contributed by atoms with E-state index in [1.54, 1.807) is 19.0 Å². The van der Waals surface area contributed by atoms with Crippen molar-refractivity contribution < 1.29 is 9.59 Å². The standard InChI is InChI=1S/C31H38N4O2/c1-33(2)31(37)35-20-15-26(16-21-35)30(36)32-17-22-34-18-13-25(14-19-34)29-27-9-5-3-7-23(27)11-12-24-8-4-6-10-28(24)29/h3-12,26H,13-22H2,1-2H3,(H,32,36). The fraction of sp³-hybridized carbons (Fsp3) is 0.419. The molecule has 2 heterocycles. The number of rotatable bonds is 4. The topological polar surface area (TPSA) is 55.9 Å². The highest BCUT2D eigenvalue weighted by atomic mass is 16.2. The lowest BCUT2D eigenvalue weighted by molar-refractivity contribution is -0.126. The van der Waals surface area contributed by atoms with Crippen LogP contribution in [0.4, 0.5) is 4.79 Å². The van der Waals surface area contributed by atoms with E-state index in [-0.39, 0.29) is 17.9 Å². The number of carbonyl (C=O) groups excluding carboxylic acids is 2. The summed E-state index contributed by atoms with van der Waals surface area (Å²) in [6.07, 6.45) is 8.05.